The van der Waals surface area contributed by atoms with E-state index in [1.807, 2.05) is 0 Å². The number of nitrogens with one attached hydrogen (secondary N) is 1. The molecule has 1 amide bonds. The maximum absolute atomic E-state index is 13.0. The van der Waals surface area contributed by atoms with Gasteiger partial charge in [0.25, 0.3) is 0 Å². The molecule has 0 heterocycles. The van der Waals surface area contributed by atoms with Crippen LogP contribution in [-0.2, 0) is 14.3 Å². The number of esters is 1. The molecule has 0 aliphatic carbocycles. The molecule has 0 fully saturated rings. The monoisotopic (exact) mass is 736 g/mol. The van der Waals surface area contributed by atoms with Gasteiger partial charge in [0, 0.05) is 6.42 Å². The molecule has 308 valence electrons. The van der Waals surface area contributed by atoms with Crippen molar-refractivity contribution in [2.75, 3.05) is 6.61 Å². The molecule has 0 aliphatic rings. The van der Waals surface area contributed by atoms with E-state index in [-0.39, 0.29) is 24.9 Å². The molecule has 0 bridgehead atoms. The van der Waals surface area contributed by atoms with E-state index in [1.54, 1.807) is 0 Å². The number of allylic oxidation sites excluding steroid dienone is 2. The third kappa shape index (κ3) is 35.6. The molecule has 0 aliphatic heterocycles. The average Bonchev–Trinajstić information content (AvgIpc) is 3.13. The maximum Gasteiger partial charge on any atom is 0.306 e. The van der Waals surface area contributed by atoms with Gasteiger partial charge in [-0.2, -0.15) is 0 Å². The number of carbonyl (C=O) groups is 2. The van der Waals surface area contributed by atoms with Crippen LogP contribution >= 0.6 is 0 Å². The highest BCUT2D eigenvalue weighted by Crippen LogP contribution is 2.17. The zero-order valence-electron chi connectivity index (χ0n) is 35.0. The molecule has 0 aromatic rings. The van der Waals surface area contributed by atoms with Crippen LogP contribution < -0.4 is 5.32 Å². The molecule has 0 rings (SSSR count). The van der Waals surface area contributed by atoms with Gasteiger partial charge in [0.15, 0.2) is 0 Å². The molecule has 0 radical (unpaired) electrons. The Morgan fingerprint density at radius 1 is 0.538 bits per heavy atom. The Kier molecular flexibility index (Phi) is 39.7. The fraction of sp³-hybridized carbons (Fsp3) is 0.913. The summed E-state index contributed by atoms with van der Waals surface area (Å²) in [5.74, 6) is -0.480. The summed E-state index contributed by atoms with van der Waals surface area (Å²) in [6.45, 7) is 6.43. The SMILES string of the molecule is CCCCCCCCC/C=C/CCCCCCCC(=O)OC(CCCCCCCCC)CC(=O)NC(CO)C(O)CCCCCCCCCCCC. The number of aliphatic hydroxyl groups is 2. The van der Waals surface area contributed by atoms with Crippen molar-refractivity contribution in [1.82, 2.24) is 5.32 Å². The van der Waals surface area contributed by atoms with Crippen LogP contribution in [0.2, 0.25) is 0 Å². The molecule has 0 spiro atoms. The molecule has 3 N–H and O–H groups in total. The Morgan fingerprint density at radius 2 is 0.923 bits per heavy atom. The Bertz CT molecular complexity index is 787. The smallest absolute Gasteiger partial charge is 0.306 e. The highest BCUT2D eigenvalue weighted by molar-refractivity contribution is 5.77. The molecule has 6 nitrogen and oxygen atoms in total. The van der Waals surface area contributed by atoms with Gasteiger partial charge < -0.3 is 20.3 Å². The summed E-state index contributed by atoms with van der Waals surface area (Å²) in [5.41, 5.74) is 0. The van der Waals surface area contributed by atoms with Crippen molar-refractivity contribution in [3.05, 3.63) is 12.2 Å². The van der Waals surface area contributed by atoms with Crippen molar-refractivity contribution < 1.29 is 24.5 Å². The number of ether oxygens (including phenoxy) is 1. The topological polar surface area (TPSA) is 95.9 Å². The minimum absolute atomic E-state index is 0.0789. The summed E-state index contributed by atoms with van der Waals surface area (Å²) in [6, 6.07) is -0.693. The summed E-state index contributed by atoms with van der Waals surface area (Å²) in [4.78, 5) is 25.9. The van der Waals surface area contributed by atoms with Crippen LogP contribution in [0.4, 0.5) is 0 Å². The second-order valence-electron chi connectivity index (χ2n) is 15.8. The highest BCUT2D eigenvalue weighted by atomic mass is 16.5. The van der Waals surface area contributed by atoms with Crippen LogP contribution in [0.15, 0.2) is 12.2 Å². The van der Waals surface area contributed by atoms with E-state index in [9.17, 15) is 19.8 Å². The molecule has 3 atom stereocenters. The quantitative estimate of drug-likeness (QED) is 0.0330. The van der Waals surface area contributed by atoms with E-state index < -0.39 is 18.2 Å². The zero-order chi connectivity index (χ0) is 38.2. The number of hydrogen-bond acceptors (Lipinski definition) is 5. The van der Waals surface area contributed by atoms with Crippen LogP contribution in [-0.4, -0.2) is 46.9 Å². The summed E-state index contributed by atoms with van der Waals surface area (Å²) >= 11 is 0. The van der Waals surface area contributed by atoms with Crippen molar-refractivity contribution in [1.29, 1.82) is 0 Å². The van der Waals surface area contributed by atoms with Crippen molar-refractivity contribution in [3.8, 4) is 0 Å². The summed E-state index contributed by atoms with van der Waals surface area (Å²) < 4.78 is 5.87. The first-order valence-electron chi connectivity index (χ1n) is 22.9. The third-order valence-corrected chi connectivity index (χ3v) is 10.6. The lowest BCUT2D eigenvalue weighted by Gasteiger charge is -2.24. The molecule has 52 heavy (non-hydrogen) atoms. The van der Waals surface area contributed by atoms with Gasteiger partial charge in [-0.05, 0) is 51.4 Å². The molecule has 6 heteroatoms. The fourth-order valence-electron chi connectivity index (χ4n) is 7.07. The van der Waals surface area contributed by atoms with Gasteiger partial charge in [-0.15, -0.1) is 0 Å². The number of amides is 1. The summed E-state index contributed by atoms with van der Waals surface area (Å²) in [6.07, 6.45) is 42.8. The predicted octanol–water partition coefficient (Wildman–Crippen LogP) is 13.0. The van der Waals surface area contributed by atoms with Crippen LogP contribution in [0, 0.1) is 0 Å². The molecule has 0 aromatic carbocycles. The molecular formula is C46H89NO5. The second-order valence-corrected chi connectivity index (χ2v) is 15.8. The van der Waals surface area contributed by atoms with Gasteiger partial charge in [0.05, 0.1) is 25.2 Å². The number of unbranched alkanes of at least 4 members (excludes halogenated alkanes) is 27. The second kappa shape index (κ2) is 40.8. The maximum atomic E-state index is 13.0. The lowest BCUT2D eigenvalue weighted by Crippen LogP contribution is -2.46. The first-order chi connectivity index (χ1) is 25.5. The molecule has 0 aromatic heterocycles. The lowest BCUT2D eigenvalue weighted by atomic mass is 10.0. The van der Waals surface area contributed by atoms with Crippen LogP contribution in [0.25, 0.3) is 0 Å². The Labute approximate surface area is 323 Å². The number of aliphatic hydroxyl groups excluding tert-OH is 2. The zero-order valence-corrected chi connectivity index (χ0v) is 35.0. The van der Waals surface area contributed by atoms with E-state index in [0.717, 1.165) is 51.4 Å². The van der Waals surface area contributed by atoms with Crippen molar-refractivity contribution in [2.45, 2.75) is 264 Å². The third-order valence-electron chi connectivity index (χ3n) is 10.6. The summed E-state index contributed by atoms with van der Waals surface area (Å²) in [7, 11) is 0. The lowest BCUT2D eigenvalue weighted by molar-refractivity contribution is -0.151. The molecule has 0 saturated carbocycles. The van der Waals surface area contributed by atoms with Gasteiger partial charge in [-0.1, -0.05) is 193 Å². The van der Waals surface area contributed by atoms with Gasteiger partial charge in [0.1, 0.15) is 6.10 Å². The average molecular weight is 736 g/mol. The van der Waals surface area contributed by atoms with Crippen molar-refractivity contribution in [2.24, 2.45) is 0 Å². The van der Waals surface area contributed by atoms with Crippen LogP contribution in [0.3, 0.4) is 0 Å². The number of hydrogen-bond donors (Lipinski definition) is 3. The first kappa shape index (κ1) is 50.6. The van der Waals surface area contributed by atoms with E-state index in [0.29, 0.717) is 19.3 Å². The summed E-state index contributed by atoms with van der Waals surface area (Å²) in [5, 5.41) is 23.5. The Balaban J connectivity index is 4.41. The standard InChI is InChI=1S/C46H89NO5/c1-4-7-10-13-16-18-20-21-22-23-24-25-27-30-33-36-39-46(51)52-42(37-34-31-28-15-12-9-6-3)40-45(50)47-43(41-48)44(49)38-35-32-29-26-19-17-14-11-8-5-2/h22-23,42-44,48-49H,4-21,24-41H2,1-3H3,(H,47,50)/b23-22+. The number of rotatable bonds is 41. The largest absolute Gasteiger partial charge is 0.462 e. The van der Waals surface area contributed by atoms with Crippen LogP contribution in [0.5, 0.6) is 0 Å². The van der Waals surface area contributed by atoms with E-state index in [2.05, 4.69) is 38.2 Å². The van der Waals surface area contributed by atoms with Crippen molar-refractivity contribution >= 4 is 11.9 Å². The molecular weight excluding hydrogens is 647 g/mol. The number of carbonyl (C=O) groups excluding carboxylic acids is 2. The minimum atomic E-state index is -0.780. The van der Waals surface area contributed by atoms with E-state index in [4.69, 9.17) is 4.74 Å². The highest BCUT2D eigenvalue weighted by Gasteiger charge is 2.24. The predicted molar refractivity (Wildman–Crippen MR) is 223 cm³/mol. The fourth-order valence-corrected chi connectivity index (χ4v) is 7.07. The van der Waals surface area contributed by atoms with E-state index >= 15 is 0 Å². The minimum Gasteiger partial charge on any atom is -0.462 e. The first-order valence-corrected chi connectivity index (χ1v) is 22.9. The van der Waals surface area contributed by atoms with Crippen molar-refractivity contribution in [3.63, 3.8) is 0 Å². The Morgan fingerprint density at radius 3 is 1.37 bits per heavy atom. The molecule has 3 unspecified atom stereocenters. The van der Waals surface area contributed by atoms with Gasteiger partial charge in [0.2, 0.25) is 5.91 Å². The van der Waals surface area contributed by atoms with E-state index in [1.165, 1.54) is 148 Å². The van der Waals surface area contributed by atoms with Crippen LogP contribution in [0.1, 0.15) is 245 Å². The molecule has 0 saturated heterocycles. The Hall–Kier alpha value is -1.40. The van der Waals surface area contributed by atoms with Gasteiger partial charge in [-0.3, -0.25) is 9.59 Å². The van der Waals surface area contributed by atoms with Gasteiger partial charge >= 0.3 is 5.97 Å². The normalized spacial score (nSPS) is 13.4. The van der Waals surface area contributed by atoms with Gasteiger partial charge in [-0.25, -0.2) is 0 Å².